The molecular formula is C20H22FN5O7S3. The van der Waals surface area contributed by atoms with Crippen molar-refractivity contribution in [2.24, 2.45) is 0 Å². The van der Waals surface area contributed by atoms with Crippen molar-refractivity contribution in [2.75, 3.05) is 30.5 Å². The highest BCUT2D eigenvalue weighted by molar-refractivity contribution is 8.76. The molecule has 12 nitrogen and oxygen atoms in total. The van der Waals surface area contributed by atoms with E-state index < -0.39 is 52.2 Å². The summed E-state index contributed by atoms with van der Waals surface area (Å²) in [7, 11) is -1.54. The van der Waals surface area contributed by atoms with Crippen molar-refractivity contribution in [1.82, 2.24) is 19.5 Å². The molecule has 0 unspecified atom stereocenters. The maximum Gasteiger partial charge on any atom is 0.338 e. The van der Waals surface area contributed by atoms with Crippen molar-refractivity contribution < 1.29 is 36.8 Å². The highest BCUT2D eigenvalue weighted by atomic mass is 33.1. The lowest BCUT2D eigenvalue weighted by Crippen LogP contribution is -2.34. The number of fused-ring (bicyclic) bond motifs is 1. The average molecular weight is 560 g/mol. The van der Waals surface area contributed by atoms with E-state index in [-0.39, 0.29) is 5.56 Å². The molecule has 1 saturated heterocycles. The number of carbonyl (C=O) groups is 1. The van der Waals surface area contributed by atoms with Crippen LogP contribution >= 0.6 is 21.6 Å². The number of rotatable bonds is 10. The lowest BCUT2D eigenvalue weighted by molar-refractivity contribution is -0.0565. The van der Waals surface area contributed by atoms with Gasteiger partial charge in [0, 0.05) is 12.3 Å². The normalized spacial score (nSPS) is 22.1. The Labute approximate surface area is 213 Å². The molecule has 3 heterocycles. The van der Waals surface area contributed by atoms with Crippen molar-refractivity contribution in [3.8, 4) is 0 Å². The molecule has 2 aromatic heterocycles. The SMILES string of the molecule is CSSCCNc1ncnc2c1ncn2[C@@H]1O[C@H](COC(=O)c2ccc(S(=O)(=O)F)cc2)[C@@H](O)[C@H]1O. The van der Waals surface area contributed by atoms with Crippen LogP contribution in [0.4, 0.5) is 9.70 Å². The summed E-state index contributed by atoms with van der Waals surface area (Å²) < 4.78 is 47.2. The first-order valence-electron chi connectivity index (χ1n) is 10.5. The summed E-state index contributed by atoms with van der Waals surface area (Å²) in [6.07, 6.45) is -0.133. The monoisotopic (exact) mass is 559 g/mol. The van der Waals surface area contributed by atoms with E-state index in [2.05, 4.69) is 20.3 Å². The molecule has 0 saturated carbocycles. The smallest absolute Gasteiger partial charge is 0.338 e. The van der Waals surface area contributed by atoms with E-state index in [1.807, 2.05) is 6.26 Å². The van der Waals surface area contributed by atoms with Crippen LogP contribution in [0.2, 0.25) is 0 Å². The zero-order chi connectivity index (χ0) is 25.9. The van der Waals surface area contributed by atoms with E-state index in [4.69, 9.17) is 9.47 Å². The Hall–Kier alpha value is -2.50. The Morgan fingerprint density at radius 3 is 2.67 bits per heavy atom. The Balaban J connectivity index is 1.42. The zero-order valence-corrected chi connectivity index (χ0v) is 21.2. The van der Waals surface area contributed by atoms with Gasteiger partial charge in [0.25, 0.3) is 0 Å². The molecule has 0 spiro atoms. The lowest BCUT2D eigenvalue weighted by Gasteiger charge is -2.16. The first kappa shape index (κ1) is 26.6. The van der Waals surface area contributed by atoms with Gasteiger partial charge in [-0.15, -0.1) is 3.89 Å². The number of nitrogens with one attached hydrogen (secondary N) is 1. The van der Waals surface area contributed by atoms with E-state index >= 15 is 0 Å². The van der Waals surface area contributed by atoms with Gasteiger partial charge in [-0.05, 0) is 30.5 Å². The number of halogens is 1. The van der Waals surface area contributed by atoms with Crippen LogP contribution < -0.4 is 5.32 Å². The third kappa shape index (κ3) is 5.73. The lowest BCUT2D eigenvalue weighted by atomic mass is 10.1. The molecule has 0 aliphatic carbocycles. The number of hydrogen-bond donors (Lipinski definition) is 3. The second-order valence-corrected chi connectivity index (χ2v) is 11.6. The highest BCUT2D eigenvalue weighted by Crippen LogP contribution is 2.32. The molecule has 0 amide bonds. The standard InChI is InChI=1S/C20H22FN5O7S3/c1-34-35-7-6-22-17-14-18(24-9-23-17)26(10-25-14)19-16(28)15(27)13(33-19)8-32-20(29)11-2-4-12(5-3-11)36(21,30)31/h2-5,9-10,13,15-16,19,27-28H,6-8H2,1H3,(H,22,23,24)/t13-,15-,16-,19-/m1/s1. The molecule has 1 aromatic carbocycles. The molecule has 4 rings (SSSR count). The van der Waals surface area contributed by atoms with Crippen molar-refractivity contribution >= 4 is 54.8 Å². The zero-order valence-electron chi connectivity index (χ0n) is 18.7. The molecule has 0 bridgehead atoms. The van der Waals surface area contributed by atoms with Crippen LogP contribution in [0.1, 0.15) is 16.6 Å². The maximum absolute atomic E-state index is 13.0. The third-order valence-corrected chi connectivity index (χ3v) is 7.96. The Bertz CT molecular complexity index is 1320. The van der Waals surface area contributed by atoms with Crippen LogP contribution in [-0.2, 0) is 19.7 Å². The number of aromatic nitrogens is 4. The molecule has 1 fully saturated rings. The van der Waals surface area contributed by atoms with Crippen LogP contribution in [0.25, 0.3) is 11.2 Å². The first-order valence-corrected chi connectivity index (χ1v) is 14.6. The van der Waals surface area contributed by atoms with E-state index in [9.17, 15) is 27.3 Å². The minimum Gasteiger partial charge on any atom is -0.459 e. The van der Waals surface area contributed by atoms with E-state index in [0.29, 0.717) is 23.5 Å². The molecule has 36 heavy (non-hydrogen) atoms. The van der Waals surface area contributed by atoms with Gasteiger partial charge >= 0.3 is 16.2 Å². The molecule has 3 N–H and O–H groups in total. The number of hydrogen-bond acceptors (Lipinski definition) is 13. The average Bonchev–Trinajstić information content (AvgIpc) is 3.41. The van der Waals surface area contributed by atoms with Crippen LogP contribution in [-0.4, -0.2) is 87.6 Å². The Morgan fingerprint density at radius 1 is 1.22 bits per heavy atom. The number of nitrogens with zero attached hydrogens (tertiary/aromatic N) is 4. The Morgan fingerprint density at radius 2 is 1.97 bits per heavy atom. The molecule has 194 valence electrons. The van der Waals surface area contributed by atoms with E-state index in [1.165, 1.54) is 17.2 Å². The van der Waals surface area contributed by atoms with Crippen molar-refractivity contribution in [2.45, 2.75) is 29.4 Å². The quantitative estimate of drug-likeness (QED) is 0.141. The highest BCUT2D eigenvalue weighted by Gasteiger charge is 2.45. The molecule has 4 atom stereocenters. The number of ether oxygens (including phenoxy) is 2. The number of esters is 1. The fraction of sp³-hybridized carbons (Fsp3) is 0.400. The van der Waals surface area contributed by atoms with Gasteiger partial charge < -0.3 is 25.0 Å². The minimum atomic E-state index is -4.89. The molecule has 1 aliphatic heterocycles. The largest absolute Gasteiger partial charge is 0.459 e. The van der Waals surface area contributed by atoms with E-state index in [0.717, 1.165) is 30.0 Å². The summed E-state index contributed by atoms with van der Waals surface area (Å²) in [5.41, 5.74) is 0.813. The van der Waals surface area contributed by atoms with Crippen molar-refractivity contribution in [3.63, 3.8) is 0 Å². The van der Waals surface area contributed by atoms with Crippen LogP contribution in [0.3, 0.4) is 0 Å². The van der Waals surface area contributed by atoms with Crippen LogP contribution in [0, 0.1) is 0 Å². The second-order valence-electron chi connectivity index (χ2n) is 7.57. The summed E-state index contributed by atoms with van der Waals surface area (Å²) in [5.74, 6) is 0.525. The summed E-state index contributed by atoms with van der Waals surface area (Å²) in [5, 5.41) is 24.3. The fourth-order valence-electron chi connectivity index (χ4n) is 3.55. The summed E-state index contributed by atoms with van der Waals surface area (Å²) in [6, 6.07) is 4.06. The Kier molecular flexibility index (Phi) is 8.31. The van der Waals surface area contributed by atoms with Gasteiger partial charge in [0.05, 0.1) is 16.8 Å². The second kappa shape index (κ2) is 11.3. The molecule has 0 radical (unpaired) electrons. The van der Waals surface area contributed by atoms with Gasteiger partial charge in [-0.1, -0.05) is 21.6 Å². The predicted molar refractivity (Wildman–Crippen MR) is 131 cm³/mol. The van der Waals surface area contributed by atoms with Crippen LogP contribution in [0.5, 0.6) is 0 Å². The van der Waals surface area contributed by atoms with Gasteiger partial charge in [0.2, 0.25) is 0 Å². The number of imidazole rings is 1. The van der Waals surface area contributed by atoms with Gasteiger partial charge in [-0.3, -0.25) is 4.57 Å². The van der Waals surface area contributed by atoms with E-state index in [1.54, 1.807) is 21.6 Å². The number of aliphatic hydroxyl groups excluding tert-OH is 2. The van der Waals surface area contributed by atoms with Crippen molar-refractivity contribution in [3.05, 3.63) is 42.5 Å². The predicted octanol–water partition coefficient (Wildman–Crippen LogP) is 1.38. The van der Waals surface area contributed by atoms with Gasteiger partial charge in [-0.2, -0.15) is 8.42 Å². The third-order valence-electron chi connectivity index (χ3n) is 5.32. The molecular weight excluding hydrogens is 537 g/mol. The first-order chi connectivity index (χ1) is 17.2. The summed E-state index contributed by atoms with van der Waals surface area (Å²) in [4.78, 5) is 24.5. The molecule has 1 aliphatic rings. The van der Waals surface area contributed by atoms with Gasteiger partial charge in [0.1, 0.15) is 31.2 Å². The molecule has 3 aromatic rings. The summed E-state index contributed by atoms with van der Waals surface area (Å²) >= 11 is 0. The summed E-state index contributed by atoms with van der Waals surface area (Å²) in [6.45, 7) is 0.254. The topological polar surface area (TPSA) is 166 Å². The number of aliphatic hydroxyl groups is 2. The van der Waals surface area contributed by atoms with Crippen LogP contribution in [0.15, 0.2) is 41.8 Å². The number of benzene rings is 1. The fourth-order valence-corrected chi connectivity index (χ4v) is 5.12. The molecule has 16 heteroatoms. The number of carbonyl (C=O) groups excluding carboxylic acids is 1. The van der Waals surface area contributed by atoms with Gasteiger partial charge in [0.15, 0.2) is 23.2 Å². The maximum atomic E-state index is 13.0. The minimum absolute atomic E-state index is 0.0275. The number of anilines is 1. The van der Waals surface area contributed by atoms with Gasteiger partial charge in [-0.25, -0.2) is 19.7 Å². The van der Waals surface area contributed by atoms with Crippen molar-refractivity contribution in [1.29, 1.82) is 0 Å².